The van der Waals surface area contributed by atoms with Crippen LogP contribution in [0.3, 0.4) is 0 Å². The molecule has 0 heterocycles. The fraction of sp³-hybridized carbons (Fsp3) is 0.579. The van der Waals surface area contributed by atoms with E-state index in [0.29, 0.717) is 0 Å². The van der Waals surface area contributed by atoms with Gasteiger partial charge in [0.05, 0.1) is 12.0 Å². The second-order valence-electron chi connectivity index (χ2n) is 7.59. The number of hydrogen-bond donors (Lipinski definition) is 1. The van der Waals surface area contributed by atoms with Gasteiger partial charge in [-0.05, 0) is 63.6 Å². The first-order chi connectivity index (χ1) is 13.1. The van der Waals surface area contributed by atoms with Gasteiger partial charge in [-0.25, -0.2) is 9.59 Å². The molecule has 2 rings (SSSR count). The summed E-state index contributed by atoms with van der Waals surface area (Å²) in [5.74, 6) is -0.683. The molecule has 0 radical (unpaired) electrons. The highest BCUT2D eigenvalue weighted by Gasteiger charge is 2.28. The van der Waals surface area contributed by atoms with Gasteiger partial charge in [-0.15, -0.1) is 0 Å². The average Bonchev–Trinajstić information content (AvgIpc) is 2.62. The topological polar surface area (TPSA) is 117 Å². The molecule has 9 heteroatoms. The number of rotatable bonds is 6. The summed E-state index contributed by atoms with van der Waals surface area (Å²) in [7, 11) is 1.17. The molecule has 1 atom stereocenters. The van der Waals surface area contributed by atoms with E-state index in [1.165, 1.54) is 13.2 Å². The Bertz CT molecular complexity index is 755. The highest BCUT2D eigenvalue weighted by Crippen LogP contribution is 2.34. The maximum atomic E-state index is 12.0. The van der Waals surface area contributed by atoms with Gasteiger partial charge in [-0.1, -0.05) is 0 Å². The molecule has 0 aromatic heterocycles. The van der Waals surface area contributed by atoms with Crippen LogP contribution in [0.1, 0.15) is 44.7 Å². The van der Waals surface area contributed by atoms with Gasteiger partial charge >= 0.3 is 17.7 Å². The highest BCUT2D eigenvalue weighted by molar-refractivity contribution is 5.81. The van der Waals surface area contributed by atoms with Crippen molar-refractivity contribution in [2.45, 2.75) is 58.1 Å². The van der Waals surface area contributed by atoms with Gasteiger partial charge in [-0.3, -0.25) is 10.1 Å². The molecule has 1 aromatic rings. The quantitative estimate of drug-likeness (QED) is 0.448. The molecule has 0 unspecified atom stereocenters. The molecule has 0 spiro atoms. The van der Waals surface area contributed by atoms with Crippen molar-refractivity contribution in [3.63, 3.8) is 0 Å². The Labute approximate surface area is 163 Å². The van der Waals surface area contributed by atoms with E-state index in [4.69, 9.17) is 9.47 Å². The minimum absolute atomic E-state index is 0.0607. The zero-order valence-electron chi connectivity index (χ0n) is 16.6. The molecular weight excluding hydrogens is 368 g/mol. The zero-order valence-corrected chi connectivity index (χ0v) is 16.6. The maximum absolute atomic E-state index is 12.0. The zero-order chi connectivity index (χ0) is 20.9. The lowest BCUT2D eigenvalue weighted by atomic mass is 9.91. The van der Waals surface area contributed by atoms with Gasteiger partial charge in [0.25, 0.3) is 0 Å². The number of nitro groups is 1. The molecule has 1 aliphatic rings. The monoisotopic (exact) mass is 394 g/mol. The van der Waals surface area contributed by atoms with Crippen LogP contribution in [0.2, 0.25) is 0 Å². The summed E-state index contributed by atoms with van der Waals surface area (Å²) in [5, 5.41) is 13.8. The van der Waals surface area contributed by atoms with Crippen molar-refractivity contribution in [2.24, 2.45) is 0 Å². The van der Waals surface area contributed by atoms with Crippen molar-refractivity contribution >= 4 is 17.7 Å². The Hall–Kier alpha value is -2.84. The largest absolute Gasteiger partial charge is 0.484 e. The SMILES string of the molecule is COC(=O)[C@H](COc1cc2c(cc1[N+](=O)[O-])CCCC2)NC(=O)OC(C)(C)C. The summed E-state index contributed by atoms with van der Waals surface area (Å²) in [6, 6.07) is 2.00. The first-order valence-corrected chi connectivity index (χ1v) is 9.11. The first-order valence-electron chi connectivity index (χ1n) is 9.11. The number of fused-ring (bicyclic) bond motifs is 1. The van der Waals surface area contributed by atoms with E-state index in [9.17, 15) is 19.7 Å². The smallest absolute Gasteiger partial charge is 0.408 e. The highest BCUT2D eigenvalue weighted by atomic mass is 16.6. The predicted octanol–water partition coefficient (Wildman–Crippen LogP) is 2.92. The Morgan fingerprint density at radius 1 is 1.21 bits per heavy atom. The number of methoxy groups -OCH3 is 1. The summed E-state index contributed by atoms with van der Waals surface area (Å²) in [6.45, 7) is 4.73. The van der Waals surface area contributed by atoms with E-state index in [-0.39, 0.29) is 18.0 Å². The van der Waals surface area contributed by atoms with E-state index in [1.807, 2.05) is 0 Å². The number of benzene rings is 1. The Kier molecular flexibility index (Phi) is 6.82. The summed E-state index contributed by atoms with van der Waals surface area (Å²) >= 11 is 0. The Morgan fingerprint density at radius 2 is 1.82 bits per heavy atom. The fourth-order valence-electron chi connectivity index (χ4n) is 2.94. The third-order valence-corrected chi connectivity index (χ3v) is 4.20. The summed E-state index contributed by atoms with van der Waals surface area (Å²) in [6.07, 6.45) is 2.80. The van der Waals surface area contributed by atoms with Crippen LogP contribution in [0.25, 0.3) is 0 Å². The molecule has 1 amide bonds. The number of carbonyl (C=O) groups is 2. The lowest BCUT2D eigenvalue weighted by Gasteiger charge is -2.23. The van der Waals surface area contributed by atoms with E-state index in [1.54, 1.807) is 26.8 Å². The average molecular weight is 394 g/mol. The minimum Gasteiger partial charge on any atom is -0.484 e. The van der Waals surface area contributed by atoms with Crippen molar-refractivity contribution in [2.75, 3.05) is 13.7 Å². The number of carbonyl (C=O) groups excluding carboxylic acids is 2. The second-order valence-corrected chi connectivity index (χ2v) is 7.59. The summed E-state index contributed by atoms with van der Waals surface area (Å²) in [4.78, 5) is 34.8. The molecule has 28 heavy (non-hydrogen) atoms. The number of nitrogens with one attached hydrogen (secondary N) is 1. The third-order valence-electron chi connectivity index (χ3n) is 4.20. The van der Waals surface area contributed by atoms with E-state index < -0.39 is 28.6 Å². The lowest BCUT2D eigenvalue weighted by molar-refractivity contribution is -0.386. The van der Waals surface area contributed by atoms with Gasteiger partial charge in [0.2, 0.25) is 0 Å². The van der Waals surface area contributed by atoms with Crippen LogP contribution in [0.4, 0.5) is 10.5 Å². The molecule has 1 aliphatic carbocycles. The van der Waals surface area contributed by atoms with E-state index in [0.717, 1.165) is 36.8 Å². The van der Waals surface area contributed by atoms with Crippen LogP contribution in [0.15, 0.2) is 12.1 Å². The standard InChI is InChI=1S/C19H26N2O7/c1-19(2,3)28-18(23)20-14(17(22)26-4)11-27-16-10-13-8-6-5-7-12(13)9-15(16)21(24)25/h9-10,14H,5-8,11H2,1-4H3,(H,20,23)/t14-/m0/s1. The number of nitrogens with zero attached hydrogens (tertiary/aromatic N) is 1. The van der Waals surface area contributed by atoms with Gasteiger partial charge in [-0.2, -0.15) is 0 Å². The first kappa shape index (κ1) is 21.5. The van der Waals surface area contributed by atoms with Gasteiger partial charge in [0, 0.05) is 6.07 Å². The molecule has 0 saturated carbocycles. The number of amides is 1. The van der Waals surface area contributed by atoms with Crippen molar-refractivity contribution in [1.29, 1.82) is 0 Å². The number of hydrogen-bond acceptors (Lipinski definition) is 7. The van der Waals surface area contributed by atoms with Crippen LogP contribution in [-0.2, 0) is 27.1 Å². The van der Waals surface area contributed by atoms with Crippen molar-refractivity contribution in [3.8, 4) is 5.75 Å². The Morgan fingerprint density at radius 3 is 2.36 bits per heavy atom. The lowest BCUT2D eigenvalue weighted by Crippen LogP contribution is -2.47. The molecular formula is C19H26N2O7. The van der Waals surface area contributed by atoms with Gasteiger partial charge in [0.1, 0.15) is 12.2 Å². The fourth-order valence-corrected chi connectivity index (χ4v) is 2.94. The minimum atomic E-state index is -1.17. The van der Waals surface area contributed by atoms with Crippen LogP contribution < -0.4 is 10.1 Å². The van der Waals surface area contributed by atoms with Crippen LogP contribution >= 0.6 is 0 Å². The molecule has 0 bridgehead atoms. The number of esters is 1. The molecule has 0 fully saturated rings. The molecule has 1 aromatic carbocycles. The van der Waals surface area contributed by atoms with Crippen LogP contribution in [0, 0.1) is 10.1 Å². The molecule has 0 aliphatic heterocycles. The van der Waals surface area contributed by atoms with E-state index in [2.05, 4.69) is 10.1 Å². The predicted molar refractivity (Wildman–Crippen MR) is 100 cm³/mol. The second kappa shape index (κ2) is 8.90. The number of nitro benzene ring substituents is 1. The Balaban J connectivity index is 2.16. The molecule has 154 valence electrons. The molecule has 0 saturated heterocycles. The summed E-state index contributed by atoms with van der Waals surface area (Å²) in [5.41, 5.74) is 1.04. The van der Waals surface area contributed by atoms with Crippen LogP contribution in [-0.4, -0.2) is 42.3 Å². The normalized spacial score (nSPS) is 14.4. The van der Waals surface area contributed by atoms with Gasteiger partial charge in [0.15, 0.2) is 11.8 Å². The van der Waals surface area contributed by atoms with Crippen molar-refractivity contribution in [3.05, 3.63) is 33.4 Å². The maximum Gasteiger partial charge on any atom is 0.408 e. The number of alkyl carbamates (subject to hydrolysis) is 1. The number of aryl methyl sites for hydroxylation is 2. The van der Waals surface area contributed by atoms with Crippen molar-refractivity contribution < 1.29 is 28.7 Å². The van der Waals surface area contributed by atoms with E-state index >= 15 is 0 Å². The third kappa shape index (κ3) is 5.83. The van der Waals surface area contributed by atoms with Crippen molar-refractivity contribution in [1.82, 2.24) is 5.32 Å². The summed E-state index contributed by atoms with van der Waals surface area (Å²) < 4.78 is 15.4. The number of ether oxygens (including phenoxy) is 3. The molecule has 1 N–H and O–H groups in total. The van der Waals surface area contributed by atoms with Crippen LogP contribution in [0.5, 0.6) is 5.75 Å². The van der Waals surface area contributed by atoms with Gasteiger partial charge < -0.3 is 19.5 Å². The molecule has 9 nitrogen and oxygen atoms in total.